The monoisotopic (exact) mass is 352 g/mol. The minimum Gasteiger partial charge on any atom is -0.375 e. The number of hydrogen-bond acceptors (Lipinski definition) is 5. The predicted octanol–water partition coefficient (Wildman–Crippen LogP) is 2.50. The van der Waals surface area contributed by atoms with Crippen LogP contribution < -0.4 is 5.73 Å². The van der Waals surface area contributed by atoms with E-state index in [2.05, 4.69) is 9.88 Å². The van der Waals surface area contributed by atoms with Crippen LogP contribution in [0.25, 0.3) is 0 Å². The number of carbonyl (C=O) groups excluding carboxylic acids is 1. The number of nitrogen functional groups attached to an aromatic ring is 1. The molecule has 0 aliphatic carbocycles. The summed E-state index contributed by atoms with van der Waals surface area (Å²) >= 11 is 1.54. The van der Waals surface area contributed by atoms with Crippen LogP contribution >= 0.6 is 23.7 Å². The molecule has 1 aliphatic rings. The summed E-state index contributed by atoms with van der Waals surface area (Å²) in [5, 5.41) is 0.616. The van der Waals surface area contributed by atoms with Crippen molar-refractivity contribution in [2.75, 3.05) is 31.9 Å². The van der Waals surface area contributed by atoms with Crippen molar-refractivity contribution in [1.82, 2.24) is 14.8 Å². The highest BCUT2D eigenvalue weighted by Crippen LogP contribution is 2.18. The van der Waals surface area contributed by atoms with Gasteiger partial charge in [0.25, 0.3) is 5.91 Å². The molecular weight excluding hydrogens is 332 g/mol. The van der Waals surface area contributed by atoms with Crippen LogP contribution in [0.15, 0.2) is 36.5 Å². The largest absolute Gasteiger partial charge is 0.375 e. The first-order valence-corrected chi connectivity index (χ1v) is 8.31. The van der Waals surface area contributed by atoms with Gasteiger partial charge in [-0.3, -0.25) is 9.69 Å². The molecule has 2 heterocycles. The lowest BCUT2D eigenvalue weighted by atomic mass is 10.2. The SMILES string of the molecule is Cl.Nc1ncc(CN2CCCN(C(=O)c3ccccc3)CC2)s1. The van der Waals surface area contributed by atoms with Crippen LogP contribution in [0.3, 0.4) is 0 Å². The Morgan fingerprint density at radius 2 is 1.96 bits per heavy atom. The summed E-state index contributed by atoms with van der Waals surface area (Å²) in [6, 6.07) is 9.51. The van der Waals surface area contributed by atoms with Crippen molar-refractivity contribution in [2.45, 2.75) is 13.0 Å². The number of nitrogens with zero attached hydrogens (tertiary/aromatic N) is 3. The summed E-state index contributed by atoms with van der Waals surface area (Å²) in [5.41, 5.74) is 6.45. The van der Waals surface area contributed by atoms with E-state index < -0.39 is 0 Å². The van der Waals surface area contributed by atoms with Gasteiger partial charge in [-0.25, -0.2) is 4.98 Å². The number of anilines is 1. The van der Waals surface area contributed by atoms with E-state index in [1.807, 2.05) is 41.4 Å². The molecule has 1 aromatic carbocycles. The second-order valence-corrected chi connectivity index (χ2v) is 6.60. The van der Waals surface area contributed by atoms with Gasteiger partial charge >= 0.3 is 0 Å². The number of carbonyl (C=O) groups is 1. The fourth-order valence-corrected chi connectivity index (χ4v) is 3.44. The Balaban J connectivity index is 0.00000192. The van der Waals surface area contributed by atoms with E-state index in [0.717, 1.165) is 44.7 Å². The van der Waals surface area contributed by atoms with Gasteiger partial charge in [-0.05, 0) is 18.6 Å². The number of rotatable bonds is 3. The summed E-state index contributed by atoms with van der Waals surface area (Å²) in [5.74, 6) is 0.129. The highest BCUT2D eigenvalue weighted by Gasteiger charge is 2.20. The van der Waals surface area contributed by atoms with E-state index in [-0.39, 0.29) is 18.3 Å². The second-order valence-electron chi connectivity index (χ2n) is 5.45. The molecule has 3 rings (SSSR count). The summed E-state index contributed by atoms with van der Waals surface area (Å²) in [4.78, 5) is 22.1. The van der Waals surface area contributed by atoms with Crippen LogP contribution in [-0.4, -0.2) is 46.9 Å². The predicted molar refractivity (Wildman–Crippen MR) is 96.0 cm³/mol. The van der Waals surface area contributed by atoms with Gasteiger partial charge in [-0.15, -0.1) is 23.7 Å². The minimum atomic E-state index is 0. The third-order valence-corrected chi connectivity index (χ3v) is 4.66. The standard InChI is InChI=1S/C16H20N4OS.ClH/c17-16-18-11-14(22-16)12-19-7-4-8-20(10-9-19)15(21)13-5-2-1-3-6-13;/h1-3,5-6,11H,4,7-10,12H2,(H2,17,18);1H. The Hall–Kier alpha value is -1.63. The summed E-state index contributed by atoms with van der Waals surface area (Å²) in [7, 11) is 0. The van der Waals surface area contributed by atoms with Gasteiger partial charge in [0, 0.05) is 49.4 Å². The Bertz CT molecular complexity index is 634. The first-order valence-electron chi connectivity index (χ1n) is 7.49. The fraction of sp³-hybridized carbons (Fsp3) is 0.375. The van der Waals surface area contributed by atoms with E-state index in [0.29, 0.717) is 5.13 Å². The molecular formula is C16H21ClN4OS. The van der Waals surface area contributed by atoms with E-state index >= 15 is 0 Å². The molecule has 1 saturated heterocycles. The average Bonchev–Trinajstić information content (AvgIpc) is 2.81. The number of aromatic nitrogens is 1. The third kappa shape index (κ3) is 4.67. The molecule has 0 spiro atoms. The van der Waals surface area contributed by atoms with Crippen molar-refractivity contribution in [3.05, 3.63) is 47.0 Å². The van der Waals surface area contributed by atoms with E-state index in [9.17, 15) is 4.79 Å². The molecule has 0 atom stereocenters. The second kappa shape index (κ2) is 8.29. The molecule has 7 heteroatoms. The molecule has 1 aliphatic heterocycles. The number of nitrogens with two attached hydrogens (primary N) is 1. The van der Waals surface area contributed by atoms with E-state index in [1.165, 1.54) is 16.2 Å². The first-order chi connectivity index (χ1) is 10.7. The van der Waals surface area contributed by atoms with Crippen LogP contribution in [0.4, 0.5) is 5.13 Å². The Morgan fingerprint density at radius 1 is 1.17 bits per heavy atom. The molecule has 0 bridgehead atoms. The third-order valence-electron chi connectivity index (χ3n) is 3.85. The fourth-order valence-electron chi connectivity index (χ4n) is 2.71. The maximum atomic E-state index is 12.5. The van der Waals surface area contributed by atoms with Crippen molar-refractivity contribution in [3.63, 3.8) is 0 Å². The van der Waals surface area contributed by atoms with Crippen molar-refractivity contribution >= 4 is 34.8 Å². The topological polar surface area (TPSA) is 62.5 Å². The minimum absolute atomic E-state index is 0. The molecule has 1 amide bonds. The summed E-state index contributed by atoms with van der Waals surface area (Å²) < 4.78 is 0. The maximum absolute atomic E-state index is 12.5. The molecule has 0 unspecified atom stereocenters. The van der Waals surface area contributed by atoms with Gasteiger partial charge in [0.2, 0.25) is 0 Å². The quantitative estimate of drug-likeness (QED) is 0.921. The molecule has 0 radical (unpaired) electrons. The van der Waals surface area contributed by atoms with Crippen molar-refractivity contribution in [1.29, 1.82) is 0 Å². The first kappa shape index (κ1) is 17.7. The number of amides is 1. The number of thiazole rings is 1. The summed E-state index contributed by atoms with van der Waals surface area (Å²) in [6.07, 6.45) is 2.84. The van der Waals surface area contributed by atoms with Gasteiger partial charge in [-0.1, -0.05) is 18.2 Å². The van der Waals surface area contributed by atoms with Crippen LogP contribution in [0.2, 0.25) is 0 Å². The van der Waals surface area contributed by atoms with Crippen molar-refractivity contribution < 1.29 is 4.79 Å². The lowest BCUT2D eigenvalue weighted by molar-refractivity contribution is 0.0761. The molecule has 0 saturated carbocycles. The highest BCUT2D eigenvalue weighted by atomic mass is 35.5. The smallest absolute Gasteiger partial charge is 0.253 e. The Labute approximate surface area is 146 Å². The lowest BCUT2D eigenvalue weighted by Gasteiger charge is -2.21. The van der Waals surface area contributed by atoms with Crippen LogP contribution in [0, 0.1) is 0 Å². The van der Waals surface area contributed by atoms with E-state index in [1.54, 1.807) is 0 Å². The zero-order valence-electron chi connectivity index (χ0n) is 12.9. The summed E-state index contributed by atoms with van der Waals surface area (Å²) in [6.45, 7) is 4.33. The molecule has 2 N–H and O–H groups in total. The van der Waals surface area contributed by atoms with Crippen molar-refractivity contribution in [2.24, 2.45) is 0 Å². The Kier molecular flexibility index (Phi) is 6.38. The Morgan fingerprint density at radius 3 is 2.65 bits per heavy atom. The molecule has 5 nitrogen and oxygen atoms in total. The molecule has 124 valence electrons. The van der Waals surface area contributed by atoms with Gasteiger partial charge < -0.3 is 10.6 Å². The normalized spacial score (nSPS) is 15.7. The maximum Gasteiger partial charge on any atom is 0.253 e. The molecule has 2 aromatic rings. The zero-order valence-corrected chi connectivity index (χ0v) is 14.5. The van der Waals surface area contributed by atoms with Gasteiger partial charge in [0.05, 0.1) is 0 Å². The lowest BCUT2D eigenvalue weighted by Crippen LogP contribution is -2.35. The highest BCUT2D eigenvalue weighted by molar-refractivity contribution is 7.15. The van der Waals surface area contributed by atoms with E-state index in [4.69, 9.17) is 5.73 Å². The molecule has 1 fully saturated rings. The van der Waals surface area contributed by atoms with Crippen LogP contribution in [0.1, 0.15) is 21.7 Å². The van der Waals surface area contributed by atoms with Gasteiger partial charge in [0.1, 0.15) is 0 Å². The number of hydrogen-bond donors (Lipinski definition) is 1. The zero-order chi connectivity index (χ0) is 15.4. The van der Waals surface area contributed by atoms with Gasteiger partial charge in [0.15, 0.2) is 5.13 Å². The number of benzene rings is 1. The number of halogens is 1. The van der Waals surface area contributed by atoms with Crippen LogP contribution in [-0.2, 0) is 6.54 Å². The average molecular weight is 353 g/mol. The molecule has 1 aromatic heterocycles. The van der Waals surface area contributed by atoms with Crippen molar-refractivity contribution in [3.8, 4) is 0 Å². The van der Waals surface area contributed by atoms with Crippen LogP contribution in [0.5, 0.6) is 0 Å². The van der Waals surface area contributed by atoms with Gasteiger partial charge in [-0.2, -0.15) is 0 Å². The molecule has 23 heavy (non-hydrogen) atoms.